The van der Waals surface area contributed by atoms with Crippen molar-refractivity contribution in [2.45, 2.75) is 6.92 Å². The second kappa shape index (κ2) is 5.64. The molecule has 1 aromatic rings. The number of anilines is 1. The highest BCUT2D eigenvalue weighted by molar-refractivity contribution is 9.10. The zero-order valence-electron chi connectivity index (χ0n) is 9.64. The molecule has 90 valence electrons. The number of aromatic nitrogens is 1. The molecule has 0 radical (unpaired) electrons. The van der Waals surface area contributed by atoms with Gasteiger partial charge in [-0.2, -0.15) is 5.26 Å². The van der Waals surface area contributed by atoms with Crippen molar-refractivity contribution in [2.24, 2.45) is 5.92 Å². The fraction of sp³-hybridized carbons (Fsp3) is 0.364. The van der Waals surface area contributed by atoms with E-state index in [1.807, 2.05) is 0 Å². The van der Waals surface area contributed by atoms with E-state index in [-0.39, 0.29) is 17.6 Å². The Bertz CT molecular complexity index is 469. The predicted molar refractivity (Wildman–Crippen MR) is 68.1 cm³/mol. The van der Waals surface area contributed by atoms with Gasteiger partial charge in [0.05, 0.1) is 17.6 Å². The maximum Gasteiger partial charge on any atom is 0.257 e. The van der Waals surface area contributed by atoms with Crippen molar-refractivity contribution in [3.8, 4) is 6.07 Å². The summed E-state index contributed by atoms with van der Waals surface area (Å²) in [5.74, 6) is -0.265. The van der Waals surface area contributed by atoms with Gasteiger partial charge in [-0.15, -0.1) is 0 Å². The van der Waals surface area contributed by atoms with Crippen LogP contribution in [0.2, 0.25) is 0 Å². The van der Waals surface area contributed by atoms with Crippen LogP contribution in [0.3, 0.4) is 0 Å². The first-order valence-corrected chi connectivity index (χ1v) is 5.81. The van der Waals surface area contributed by atoms with E-state index in [2.05, 4.69) is 27.0 Å². The molecule has 0 saturated carbocycles. The molecule has 0 fully saturated rings. The highest BCUT2D eigenvalue weighted by Crippen LogP contribution is 2.17. The summed E-state index contributed by atoms with van der Waals surface area (Å²) in [5.41, 5.74) is 5.99. The monoisotopic (exact) mass is 296 g/mol. The van der Waals surface area contributed by atoms with Gasteiger partial charge in [0.25, 0.3) is 5.91 Å². The van der Waals surface area contributed by atoms with Crippen molar-refractivity contribution in [3.63, 3.8) is 0 Å². The first-order chi connectivity index (χ1) is 7.95. The number of nitriles is 1. The molecule has 0 aliphatic rings. The van der Waals surface area contributed by atoms with Gasteiger partial charge in [-0.3, -0.25) is 4.79 Å². The lowest BCUT2D eigenvalue weighted by Gasteiger charge is -2.18. The third-order valence-corrected chi connectivity index (χ3v) is 2.66. The molecule has 1 aromatic heterocycles. The Balaban J connectivity index is 2.89. The van der Waals surface area contributed by atoms with E-state index in [9.17, 15) is 4.79 Å². The number of amides is 1. The Morgan fingerprint density at radius 1 is 1.76 bits per heavy atom. The first-order valence-electron chi connectivity index (χ1n) is 5.01. The zero-order chi connectivity index (χ0) is 13.0. The average Bonchev–Trinajstić information content (AvgIpc) is 2.31. The molecule has 17 heavy (non-hydrogen) atoms. The molecule has 6 heteroatoms. The third kappa shape index (κ3) is 3.43. The van der Waals surface area contributed by atoms with Crippen LogP contribution in [-0.2, 0) is 0 Å². The number of nitrogens with zero attached hydrogens (tertiary/aromatic N) is 3. The van der Waals surface area contributed by atoms with Gasteiger partial charge >= 0.3 is 0 Å². The van der Waals surface area contributed by atoms with Gasteiger partial charge in [0.1, 0.15) is 5.82 Å². The summed E-state index contributed by atoms with van der Waals surface area (Å²) in [6.07, 6.45) is 1.53. The molecule has 1 unspecified atom stereocenters. The molecule has 0 aliphatic carbocycles. The molecule has 1 heterocycles. The Kier molecular flexibility index (Phi) is 4.46. The molecule has 0 aromatic carbocycles. The minimum absolute atomic E-state index is 0.190. The smallest absolute Gasteiger partial charge is 0.257 e. The van der Waals surface area contributed by atoms with E-state index in [0.29, 0.717) is 16.6 Å². The van der Waals surface area contributed by atoms with Gasteiger partial charge in [0, 0.05) is 24.3 Å². The summed E-state index contributed by atoms with van der Waals surface area (Å²) in [5, 5.41) is 8.70. The fourth-order valence-corrected chi connectivity index (χ4v) is 1.69. The second-order valence-corrected chi connectivity index (χ2v) is 4.72. The van der Waals surface area contributed by atoms with Gasteiger partial charge in [0.15, 0.2) is 0 Å². The number of carbonyl (C=O) groups is 1. The lowest BCUT2D eigenvalue weighted by atomic mass is 10.1. The lowest BCUT2D eigenvalue weighted by molar-refractivity contribution is 0.0785. The number of hydrogen-bond acceptors (Lipinski definition) is 4. The average molecular weight is 297 g/mol. The normalized spacial score (nSPS) is 11.6. The van der Waals surface area contributed by atoms with Crippen LogP contribution < -0.4 is 5.73 Å². The quantitative estimate of drug-likeness (QED) is 0.919. The molecule has 0 bridgehead atoms. The molecular formula is C11H13BrN4O. The molecule has 5 nitrogen and oxygen atoms in total. The Morgan fingerprint density at radius 2 is 2.41 bits per heavy atom. The zero-order valence-corrected chi connectivity index (χ0v) is 11.2. The maximum absolute atomic E-state index is 12.0. The standard InChI is InChI=1S/C11H13BrN4O/c1-7(4-13)6-16(2)11(17)9-3-8(12)5-15-10(9)14/h3,5,7H,6H2,1-2H3,(H2,14,15). The topological polar surface area (TPSA) is 83.0 Å². The predicted octanol–water partition coefficient (Wildman–Crippen LogP) is 1.66. The van der Waals surface area contributed by atoms with E-state index in [1.54, 1.807) is 20.0 Å². The van der Waals surface area contributed by atoms with Gasteiger partial charge in [-0.05, 0) is 28.9 Å². The Hall–Kier alpha value is -1.61. The maximum atomic E-state index is 12.0. The van der Waals surface area contributed by atoms with Crippen LogP contribution in [-0.4, -0.2) is 29.4 Å². The van der Waals surface area contributed by atoms with Crippen LogP contribution in [0, 0.1) is 17.2 Å². The molecule has 0 aliphatic heterocycles. The number of nitrogens with two attached hydrogens (primary N) is 1. The number of rotatable bonds is 3. The van der Waals surface area contributed by atoms with E-state index < -0.39 is 0 Å². The molecule has 0 saturated heterocycles. The van der Waals surface area contributed by atoms with Gasteiger partial charge < -0.3 is 10.6 Å². The largest absolute Gasteiger partial charge is 0.383 e. The third-order valence-electron chi connectivity index (χ3n) is 2.23. The minimum atomic E-state index is -0.238. The number of hydrogen-bond donors (Lipinski definition) is 1. The Labute approximate surface area is 108 Å². The lowest BCUT2D eigenvalue weighted by Crippen LogP contribution is -2.31. The van der Waals surface area contributed by atoms with Crippen LogP contribution in [0.1, 0.15) is 17.3 Å². The van der Waals surface area contributed by atoms with Crippen molar-refractivity contribution < 1.29 is 4.79 Å². The van der Waals surface area contributed by atoms with Crippen molar-refractivity contribution in [1.29, 1.82) is 5.26 Å². The summed E-state index contributed by atoms with van der Waals surface area (Å²) in [7, 11) is 1.64. The van der Waals surface area contributed by atoms with E-state index in [4.69, 9.17) is 11.0 Å². The highest BCUT2D eigenvalue weighted by Gasteiger charge is 2.17. The summed E-state index contributed by atoms with van der Waals surface area (Å²) < 4.78 is 0.691. The van der Waals surface area contributed by atoms with Gasteiger partial charge in [-0.25, -0.2) is 4.98 Å². The van der Waals surface area contributed by atoms with E-state index in [1.165, 1.54) is 11.1 Å². The number of nitrogen functional groups attached to an aromatic ring is 1. The Morgan fingerprint density at radius 3 is 3.00 bits per heavy atom. The SMILES string of the molecule is CC(C#N)CN(C)C(=O)c1cc(Br)cnc1N. The molecule has 1 amide bonds. The number of pyridine rings is 1. The summed E-state index contributed by atoms with van der Waals surface area (Å²) in [6.45, 7) is 2.12. The van der Waals surface area contributed by atoms with Crippen LogP contribution in [0.5, 0.6) is 0 Å². The number of carbonyl (C=O) groups excluding carboxylic acids is 1. The molecule has 1 rings (SSSR count). The summed E-state index contributed by atoms with van der Waals surface area (Å²) in [4.78, 5) is 17.4. The minimum Gasteiger partial charge on any atom is -0.383 e. The van der Waals surface area contributed by atoms with Crippen molar-refractivity contribution >= 4 is 27.7 Å². The molecule has 1 atom stereocenters. The van der Waals surface area contributed by atoms with Crippen molar-refractivity contribution in [1.82, 2.24) is 9.88 Å². The van der Waals surface area contributed by atoms with Gasteiger partial charge in [0.2, 0.25) is 0 Å². The van der Waals surface area contributed by atoms with E-state index >= 15 is 0 Å². The van der Waals surface area contributed by atoms with Crippen LogP contribution in [0.25, 0.3) is 0 Å². The van der Waals surface area contributed by atoms with Gasteiger partial charge in [-0.1, -0.05) is 0 Å². The fourth-order valence-electron chi connectivity index (χ4n) is 1.36. The van der Waals surface area contributed by atoms with E-state index in [0.717, 1.165) is 0 Å². The summed E-state index contributed by atoms with van der Waals surface area (Å²) >= 11 is 3.24. The van der Waals surface area contributed by atoms with Crippen LogP contribution in [0.15, 0.2) is 16.7 Å². The first kappa shape index (κ1) is 13.5. The van der Waals surface area contributed by atoms with Crippen molar-refractivity contribution in [2.75, 3.05) is 19.3 Å². The highest BCUT2D eigenvalue weighted by atomic mass is 79.9. The second-order valence-electron chi connectivity index (χ2n) is 3.80. The molecular weight excluding hydrogens is 284 g/mol. The number of halogens is 1. The van der Waals surface area contributed by atoms with Crippen LogP contribution >= 0.6 is 15.9 Å². The van der Waals surface area contributed by atoms with Crippen molar-refractivity contribution in [3.05, 3.63) is 22.3 Å². The molecule has 0 spiro atoms. The summed E-state index contributed by atoms with van der Waals surface area (Å²) in [6, 6.07) is 3.70. The van der Waals surface area contributed by atoms with Crippen LogP contribution in [0.4, 0.5) is 5.82 Å². The molecule has 2 N–H and O–H groups in total.